The van der Waals surface area contributed by atoms with E-state index in [0.29, 0.717) is 0 Å². The highest BCUT2D eigenvalue weighted by atomic mass is 16.6. The van der Waals surface area contributed by atoms with Crippen molar-refractivity contribution in [2.24, 2.45) is 0 Å². The van der Waals surface area contributed by atoms with E-state index in [9.17, 15) is 20.2 Å². The molecule has 16 heavy (non-hydrogen) atoms. The van der Waals surface area contributed by atoms with Crippen molar-refractivity contribution in [1.29, 1.82) is 0 Å². The molecule has 0 heterocycles. The van der Waals surface area contributed by atoms with E-state index in [1.54, 1.807) is 0 Å². The standard InChI is InChI=1S/C10H10N2O4/c13-11(14)9-5-7-3-1-2-4-8(7)6-10(9)12(15)16/h5-6H,1-4H2. The van der Waals surface area contributed by atoms with Crippen molar-refractivity contribution in [3.8, 4) is 0 Å². The number of fused-ring (bicyclic) bond motifs is 1. The van der Waals surface area contributed by atoms with E-state index in [1.165, 1.54) is 12.1 Å². The zero-order chi connectivity index (χ0) is 11.7. The van der Waals surface area contributed by atoms with Crippen LogP contribution in [0.5, 0.6) is 0 Å². The predicted molar refractivity (Wildman–Crippen MR) is 56.4 cm³/mol. The number of nitro benzene ring substituents is 2. The summed E-state index contributed by atoms with van der Waals surface area (Å²) in [5.74, 6) is 0. The van der Waals surface area contributed by atoms with Gasteiger partial charge >= 0.3 is 11.4 Å². The lowest BCUT2D eigenvalue weighted by atomic mass is 9.91. The van der Waals surface area contributed by atoms with Gasteiger partial charge in [0, 0.05) is 12.1 Å². The van der Waals surface area contributed by atoms with Crippen molar-refractivity contribution < 1.29 is 9.85 Å². The van der Waals surface area contributed by atoms with Crippen molar-refractivity contribution in [2.75, 3.05) is 0 Å². The Morgan fingerprint density at radius 2 is 1.25 bits per heavy atom. The van der Waals surface area contributed by atoms with Crippen molar-refractivity contribution in [3.05, 3.63) is 43.5 Å². The minimum Gasteiger partial charge on any atom is -0.258 e. The summed E-state index contributed by atoms with van der Waals surface area (Å²) in [6.45, 7) is 0. The Morgan fingerprint density at radius 1 is 0.875 bits per heavy atom. The summed E-state index contributed by atoms with van der Waals surface area (Å²) in [7, 11) is 0. The minimum absolute atomic E-state index is 0.398. The van der Waals surface area contributed by atoms with E-state index in [4.69, 9.17) is 0 Å². The number of hydrogen-bond acceptors (Lipinski definition) is 4. The second-order valence-electron chi connectivity index (χ2n) is 3.83. The van der Waals surface area contributed by atoms with Gasteiger partial charge in [0.2, 0.25) is 0 Å². The number of hydrogen-bond donors (Lipinski definition) is 0. The van der Waals surface area contributed by atoms with Gasteiger partial charge in [-0.1, -0.05) is 0 Å². The van der Waals surface area contributed by atoms with Crippen LogP contribution < -0.4 is 0 Å². The maximum atomic E-state index is 10.7. The van der Waals surface area contributed by atoms with E-state index >= 15 is 0 Å². The Bertz CT molecular complexity index is 427. The van der Waals surface area contributed by atoms with E-state index in [1.807, 2.05) is 0 Å². The van der Waals surface area contributed by atoms with Gasteiger partial charge < -0.3 is 0 Å². The Labute approximate surface area is 91.2 Å². The fourth-order valence-corrected chi connectivity index (χ4v) is 2.05. The molecule has 0 N–H and O–H groups in total. The van der Waals surface area contributed by atoms with E-state index < -0.39 is 21.2 Å². The fourth-order valence-electron chi connectivity index (χ4n) is 2.05. The first-order chi connectivity index (χ1) is 7.59. The van der Waals surface area contributed by atoms with Crippen LogP contribution in [-0.2, 0) is 12.8 Å². The lowest BCUT2D eigenvalue weighted by Gasteiger charge is -2.14. The molecule has 1 aromatic carbocycles. The van der Waals surface area contributed by atoms with Crippen LogP contribution >= 0.6 is 0 Å². The Balaban J connectivity index is 2.59. The van der Waals surface area contributed by atoms with Crippen LogP contribution in [0.4, 0.5) is 11.4 Å². The maximum Gasteiger partial charge on any atom is 0.346 e. The third kappa shape index (κ3) is 1.73. The summed E-state index contributed by atoms with van der Waals surface area (Å²) in [6.07, 6.45) is 3.52. The first-order valence-electron chi connectivity index (χ1n) is 5.04. The molecule has 0 saturated carbocycles. The largest absolute Gasteiger partial charge is 0.346 e. The molecule has 84 valence electrons. The molecule has 0 unspecified atom stereocenters. The number of aryl methyl sites for hydroxylation is 2. The molecule has 0 atom stereocenters. The maximum absolute atomic E-state index is 10.7. The van der Waals surface area contributed by atoms with Crippen LogP contribution in [0.3, 0.4) is 0 Å². The Hall–Kier alpha value is -1.98. The van der Waals surface area contributed by atoms with E-state index in [-0.39, 0.29) is 0 Å². The third-order valence-electron chi connectivity index (χ3n) is 2.83. The molecular weight excluding hydrogens is 212 g/mol. The third-order valence-corrected chi connectivity index (χ3v) is 2.83. The van der Waals surface area contributed by atoms with Crippen molar-refractivity contribution in [2.45, 2.75) is 25.7 Å². The molecule has 2 rings (SSSR count). The quantitative estimate of drug-likeness (QED) is 0.567. The van der Waals surface area contributed by atoms with Crippen LogP contribution in [0.1, 0.15) is 24.0 Å². The van der Waals surface area contributed by atoms with Gasteiger partial charge in [-0.05, 0) is 36.8 Å². The van der Waals surface area contributed by atoms with Gasteiger partial charge in [0.1, 0.15) is 0 Å². The molecule has 0 spiro atoms. The van der Waals surface area contributed by atoms with Crippen LogP contribution in [0, 0.1) is 20.2 Å². The summed E-state index contributed by atoms with van der Waals surface area (Å²) < 4.78 is 0. The molecule has 6 nitrogen and oxygen atoms in total. The first-order valence-corrected chi connectivity index (χ1v) is 5.04. The molecule has 0 aliphatic heterocycles. The van der Waals surface area contributed by atoms with Crippen LogP contribution in [-0.4, -0.2) is 9.85 Å². The van der Waals surface area contributed by atoms with Gasteiger partial charge in [0.25, 0.3) is 0 Å². The molecule has 1 aliphatic rings. The molecule has 0 aromatic heterocycles. The zero-order valence-corrected chi connectivity index (χ0v) is 8.51. The monoisotopic (exact) mass is 222 g/mol. The van der Waals surface area contributed by atoms with E-state index in [0.717, 1.165) is 36.8 Å². The smallest absolute Gasteiger partial charge is 0.258 e. The normalized spacial score (nSPS) is 14.2. The number of nitrogens with zero attached hydrogens (tertiary/aromatic N) is 2. The molecule has 1 aliphatic carbocycles. The molecule has 6 heteroatoms. The molecule has 0 radical (unpaired) electrons. The number of rotatable bonds is 2. The molecule has 0 amide bonds. The topological polar surface area (TPSA) is 86.3 Å². The summed E-state index contributed by atoms with van der Waals surface area (Å²) in [5, 5.41) is 21.4. The average Bonchev–Trinajstić information content (AvgIpc) is 2.27. The summed E-state index contributed by atoms with van der Waals surface area (Å²) in [5.41, 5.74) is 0.961. The highest BCUT2D eigenvalue weighted by Gasteiger charge is 2.27. The molecule has 0 saturated heterocycles. The van der Waals surface area contributed by atoms with Crippen molar-refractivity contribution >= 4 is 11.4 Å². The lowest BCUT2D eigenvalue weighted by Crippen LogP contribution is -2.06. The number of nitro groups is 2. The summed E-state index contributed by atoms with van der Waals surface area (Å²) in [4.78, 5) is 20.1. The lowest BCUT2D eigenvalue weighted by molar-refractivity contribution is -0.422. The SMILES string of the molecule is O=[N+]([O-])c1cc2c(cc1[N+](=O)[O-])CCCC2. The zero-order valence-electron chi connectivity index (χ0n) is 8.51. The second kappa shape index (κ2) is 3.88. The molecule has 1 aromatic rings. The average molecular weight is 222 g/mol. The van der Waals surface area contributed by atoms with Gasteiger partial charge in [-0.15, -0.1) is 0 Å². The molecule has 0 fully saturated rings. The van der Waals surface area contributed by atoms with Gasteiger partial charge in [0.15, 0.2) is 0 Å². The van der Waals surface area contributed by atoms with Crippen molar-refractivity contribution in [3.63, 3.8) is 0 Å². The fraction of sp³-hybridized carbons (Fsp3) is 0.400. The van der Waals surface area contributed by atoms with E-state index in [2.05, 4.69) is 0 Å². The molecule has 0 bridgehead atoms. The molecular formula is C10H10N2O4. The van der Waals surface area contributed by atoms with Gasteiger partial charge in [0.05, 0.1) is 9.85 Å². The highest BCUT2D eigenvalue weighted by Crippen LogP contribution is 2.33. The summed E-state index contributed by atoms with van der Waals surface area (Å²) >= 11 is 0. The van der Waals surface area contributed by atoms with Gasteiger partial charge in [-0.2, -0.15) is 0 Å². The summed E-state index contributed by atoms with van der Waals surface area (Å²) in [6, 6.07) is 2.71. The van der Waals surface area contributed by atoms with Gasteiger partial charge in [-0.3, -0.25) is 20.2 Å². The van der Waals surface area contributed by atoms with Crippen molar-refractivity contribution in [1.82, 2.24) is 0 Å². The van der Waals surface area contributed by atoms with Crippen LogP contribution in [0.25, 0.3) is 0 Å². The Kier molecular flexibility index (Phi) is 2.55. The van der Waals surface area contributed by atoms with Crippen LogP contribution in [0.15, 0.2) is 12.1 Å². The van der Waals surface area contributed by atoms with Gasteiger partial charge in [-0.25, -0.2) is 0 Å². The predicted octanol–water partition coefficient (Wildman–Crippen LogP) is 2.38. The Morgan fingerprint density at radius 3 is 1.56 bits per heavy atom. The first kappa shape index (κ1) is 10.5. The van der Waals surface area contributed by atoms with Crippen LogP contribution in [0.2, 0.25) is 0 Å². The second-order valence-corrected chi connectivity index (χ2v) is 3.83. The number of benzene rings is 1. The highest BCUT2D eigenvalue weighted by molar-refractivity contribution is 5.57. The minimum atomic E-state index is -0.687.